The van der Waals surface area contributed by atoms with E-state index in [9.17, 15) is 14.7 Å². The van der Waals surface area contributed by atoms with Crippen LogP contribution in [0.3, 0.4) is 0 Å². The van der Waals surface area contributed by atoms with Gasteiger partial charge < -0.3 is 15.7 Å². The van der Waals surface area contributed by atoms with Gasteiger partial charge in [0, 0.05) is 36.6 Å². The summed E-state index contributed by atoms with van der Waals surface area (Å²) in [6.07, 6.45) is 2.84. The zero-order chi connectivity index (χ0) is 16.8. The highest BCUT2D eigenvalue weighted by Crippen LogP contribution is 2.15. The second kappa shape index (κ2) is 7.44. The average molecular weight is 316 g/mol. The Morgan fingerprint density at radius 3 is 2.78 bits per heavy atom. The first-order valence-corrected chi connectivity index (χ1v) is 7.40. The second-order valence-electron chi connectivity index (χ2n) is 5.19. The molecule has 0 atom stereocenters. The molecule has 23 heavy (non-hydrogen) atoms. The van der Waals surface area contributed by atoms with Crippen molar-refractivity contribution in [1.29, 1.82) is 0 Å². The summed E-state index contributed by atoms with van der Waals surface area (Å²) in [5.41, 5.74) is 2.06. The van der Waals surface area contributed by atoms with Gasteiger partial charge in [0.2, 0.25) is 0 Å². The van der Waals surface area contributed by atoms with Gasteiger partial charge in [-0.2, -0.15) is 5.10 Å². The van der Waals surface area contributed by atoms with Crippen LogP contribution in [0, 0.1) is 6.92 Å². The summed E-state index contributed by atoms with van der Waals surface area (Å²) in [6.45, 7) is 4.97. The lowest BCUT2D eigenvalue weighted by Gasteiger charge is -2.06. The SMILES string of the molecule is CCCn1cc(CNC(=O)C(=O)Nc2cccc(O)c2)c(C)n1. The van der Waals surface area contributed by atoms with Gasteiger partial charge in [-0.3, -0.25) is 14.3 Å². The van der Waals surface area contributed by atoms with E-state index in [4.69, 9.17) is 0 Å². The maximum absolute atomic E-state index is 11.8. The number of nitrogens with zero attached hydrogens (tertiary/aromatic N) is 2. The molecule has 0 spiro atoms. The third-order valence-electron chi connectivity index (χ3n) is 3.25. The van der Waals surface area contributed by atoms with Crippen molar-refractivity contribution >= 4 is 17.5 Å². The number of nitrogens with one attached hydrogen (secondary N) is 2. The van der Waals surface area contributed by atoms with Crippen LogP contribution in [0.4, 0.5) is 5.69 Å². The molecule has 2 aromatic rings. The average Bonchev–Trinajstić information content (AvgIpc) is 2.85. The Bertz CT molecular complexity index is 709. The first kappa shape index (κ1) is 16.5. The monoisotopic (exact) mass is 316 g/mol. The maximum atomic E-state index is 11.8. The van der Waals surface area contributed by atoms with E-state index in [2.05, 4.69) is 22.7 Å². The Labute approximate surface area is 134 Å². The summed E-state index contributed by atoms with van der Waals surface area (Å²) in [5, 5.41) is 18.7. The molecule has 2 rings (SSSR count). The van der Waals surface area contributed by atoms with Crippen LogP contribution in [0.25, 0.3) is 0 Å². The minimum Gasteiger partial charge on any atom is -0.508 e. The van der Waals surface area contributed by atoms with E-state index in [0.29, 0.717) is 5.69 Å². The van der Waals surface area contributed by atoms with E-state index in [1.807, 2.05) is 17.8 Å². The lowest BCUT2D eigenvalue weighted by Crippen LogP contribution is -2.35. The first-order valence-electron chi connectivity index (χ1n) is 7.40. The molecule has 0 unspecified atom stereocenters. The Morgan fingerprint density at radius 1 is 1.30 bits per heavy atom. The molecule has 0 bridgehead atoms. The molecule has 0 saturated carbocycles. The number of hydrogen-bond donors (Lipinski definition) is 3. The van der Waals surface area contributed by atoms with Crippen molar-refractivity contribution in [3.05, 3.63) is 41.7 Å². The van der Waals surface area contributed by atoms with E-state index < -0.39 is 11.8 Å². The number of aromatic nitrogens is 2. The highest BCUT2D eigenvalue weighted by Gasteiger charge is 2.14. The third-order valence-corrected chi connectivity index (χ3v) is 3.25. The van der Waals surface area contributed by atoms with Gasteiger partial charge in [-0.25, -0.2) is 0 Å². The first-order chi connectivity index (χ1) is 11.0. The number of aryl methyl sites for hydroxylation is 2. The van der Waals surface area contributed by atoms with E-state index in [0.717, 1.165) is 24.2 Å². The number of hydrogen-bond acceptors (Lipinski definition) is 4. The minimum atomic E-state index is -0.783. The molecular weight excluding hydrogens is 296 g/mol. The largest absolute Gasteiger partial charge is 0.508 e. The van der Waals surface area contributed by atoms with Gasteiger partial charge in [-0.05, 0) is 25.5 Å². The number of aromatic hydroxyl groups is 1. The number of phenolic OH excluding ortho intramolecular Hbond substituents is 1. The molecule has 0 aliphatic carbocycles. The fourth-order valence-corrected chi connectivity index (χ4v) is 2.10. The topological polar surface area (TPSA) is 96.2 Å². The van der Waals surface area contributed by atoms with Crippen molar-refractivity contribution in [3.8, 4) is 5.75 Å². The summed E-state index contributed by atoms with van der Waals surface area (Å²) in [7, 11) is 0. The summed E-state index contributed by atoms with van der Waals surface area (Å²) in [5.74, 6) is -1.51. The molecular formula is C16H20N4O3. The van der Waals surface area contributed by atoms with Gasteiger partial charge in [-0.1, -0.05) is 13.0 Å². The van der Waals surface area contributed by atoms with E-state index in [1.165, 1.54) is 12.1 Å². The maximum Gasteiger partial charge on any atom is 0.313 e. The van der Waals surface area contributed by atoms with Gasteiger partial charge in [-0.15, -0.1) is 0 Å². The Morgan fingerprint density at radius 2 is 2.09 bits per heavy atom. The van der Waals surface area contributed by atoms with Crippen LogP contribution in [0.1, 0.15) is 24.6 Å². The second-order valence-corrected chi connectivity index (χ2v) is 5.19. The molecule has 2 amide bonds. The van der Waals surface area contributed by atoms with Crippen molar-refractivity contribution in [2.45, 2.75) is 33.4 Å². The molecule has 0 radical (unpaired) electrons. The van der Waals surface area contributed by atoms with Crippen LogP contribution in [0.5, 0.6) is 5.75 Å². The molecule has 0 aliphatic rings. The van der Waals surface area contributed by atoms with Crippen LogP contribution >= 0.6 is 0 Å². The fraction of sp³-hybridized carbons (Fsp3) is 0.312. The van der Waals surface area contributed by atoms with Crippen LogP contribution in [0.2, 0.25) is 0 Å². The summed E-state index contributed by atoms with van der Waals surface area (Å²) < 4.78 is 1.82. The molecule has 7 nitrogen and oxygen atoms in total. The smallest absolute Gasteiger partial charge is 0.313 e. The quantitative estimate of drug-likeness (QED) is 0.729. The molecule has 122 valence electrons. The molecule has 1 heterocycles. The number of phenols is 1. The van der Waals surface area contributed by atoms with E-state index in [-0.39, 0.29) is 12.3 Å². The highest BCUT2D eigenvalue weighted by molar-refractivity contribution is 6.39. The molecule has 0 saturated heterocycles. The highest BCUT2D eigenvalue weighted by atomic mass is 16.3. The van der Waals surface area contributed by atoms with Gasteiger partial charge in [0.25, 0.3) is 0 Å². The van der Waals surface area contributed by atoms with Crippen LogP contribution in [-0.2, 0) is 22.7 Å². The lowest BCUT2D eigenvalue weighted by molar-refractivity contribution is -0.136. The molecule has 0 aliphatic heterocycles. The molecule has 7 heteroatoms. The number of carbonyl (C=O) groups is 2. The standard InChI is InChI=1S/C16H20N4O3/c1-3-7-20-10-12(11(2)19-20)9-17-15(22)16(23)18-13-5-4-6-14(21)8-13/h4-6,8,10,21H,3,7,9H2,1-2H3,(H,17,22)(H,18,23). The molecule has 0 fully saturated rings. The van der Waals surface area contributed by atoms with Crippen LogP contribution in [-0.4, -0.2) is 26.7 Å². The third kappa shape index (κ3) is 4.57. The van der Waals surface area contributed by atoms with Crippen LogP contribution < -0.4 is 10.6 Å². The Hall–Kier alpha value is -2.83. The molecule has 1 aromatic heterocycles. The zero-order valence-electron chi connectivity index (χ0n) is 13.2. The number of rotatable bonds is 5. The lowest BCUT2D eigenvalue weighted by atomic mass is 10.2. The summed E-state index contributed by atoms with van der Waals surface area (Å²) in [6, 6.07) is 6.01. The molecule has 3 N–H and O–H groups in total. The number of carbonyl (C=O) groups excluding carboxylic acids is 2. The van der Waals surface area contributed by atoms with E-state index >= 15 is 0 Å². The number of benzene rings is 1. The fourth-order valence-electron chi connectivity index (χ4n) is 2.10. The van der Waals surface area contributed by atoms with Crippen molar-refractivity contribution < 1.29 is 14.7 Å². The van der Waals surface area contributed by atoms with Crippen LogP contribution in [0.15, 0.2) is 30.5 Å². The Kier molecular flexibility index (Phi) is 5.35. The van der Waals surface area contributed by atoms with Crippen molar-refractivity contribution in [3.63, 3.8) is 0 Å². The Balaban J connectivity index is 1.90. The number of anilines is 1. The van der Waals surface area contributed by atoms with Crippen molar-refractivity contribution in [2.75, 3.05) is 5.32 Å². The molecule has 1 aromatic carbocycles. The predicted octanol–water partition coefficient (Wildman–Crippen LogP) is 1.56. The summed E-state index contributed by atoms with van der Waals surface area (Å²) in [4.78, 5) is 23.6. The van der Waals surface area contributed by atoms with Gasteiger partial charge in [0.05, 0.1) is 5.69 Å². The van der Waals surface area contributed by atoms with Gasteiger partial charge >= 0.3 is 11.8 Å². The summed E-state index contributed by atoms with van der Waals surface area (Å²) >= 11 is 0. The normalized spacial score (nSPS) is 10.3. The van der Waals surface area contributed by atoms with Crippen molar-refractivity contribution in [2.24, 2.45) is 0 Å². The van der Waals surface area contributed by atoms with Crippen molar-refractivity contribution in [1.82, 2.24) is 15.1 Å². The van der Waals surface area contributed by atoms with E-state index in [1.54, 1.807) is 12.1 Å². The van der Waals surface area contributed by atoms with Gasteiger partial charge in [0.15, 0.2) is 0 Å². The zero-order valence-corrected chi connectivity index (χ0v) is 13.2. The van der Waals surface area contributed by atoms with Gasteiger partial charge in [0.1, 0.15) is 5.75 Å². The minimum absolute atomic E-state index is 0.0159. The number of amides is 2. The predicted molar refractivity (Wildman–Crippen MR) is 85.8 cm³/mol.